The topological polar surface area (TPSA) is 13.1 Å². The Hall–Kier alpha value is -2.15. The van der Waals surface area contributed by atoms with Crippen LogP contribution in [0.25, 0.3) is 22.3 Å². The summed E-state index contributed by atoms with van der Waals surface area (Å²) in [7, 11) is -5.70. The van der Waals surface area contributed by atoms with Crippen molar-refractivity contribution in [3.8, 4) is 22.3 Å². The van der Waals surface area contributed by atoms with Crippen molar-refractivity contribution in [1.29, 1.82) is 0 Å². The molecule has 7 heteroatoms. The molecule has 1 aliphatic carbocycles. The molecule has 0 aliphatic heterocycles. The Labute approximate surface area is 184 Å². The van der Waals surface area contributed by atoms with Gasteiger partial charge >= 0.3 is 7.25 Å². The zero-order chi connectivity index (χ0) is 23.1. The normalized spacial score (nSPS) is 15.3. The van der Waals surface area contributed by atoms with E-state index in [-0.39, 0.29) is 0 Å². The van der Waals surface area contributed by atoms with Gasteiger partial charge in [-0.25, -0.2) is 0 Å². The highest BCUT2D eigenvalue weighted by molar-refractivity contribution is 7.95. The van der Waals surface area contributed by atoms with Gasteiger partial charge in [-0.3, -0.25) is 0 Å². The summed E-state index contributed by atoms with van der Waals surface area (Å²) in [6.45, 7) is 8.77. The van der Waals surface area contributed by atoms with Crippen molar-refractivity contribution in [3.63, 3.8) is 0 Å². The summed E-state index contributed by atoms with van der Waals surface area (Å²) in [5.74, 6) is 2.04. The Kier molecular flexibility index (Phi) is 6.65. The molecule has 3 aromatic rings. The van der Waals surface area contributed by atoms with Crippen LogP contribution < -0.4 is 0 Å². The predicted molar refractivity (Wildman–Crippen MR) is 124 cm³/mol. The van der Waals surface area contributed by atoms with Crippen molar-refractivity contribution in [2.75, 3.05) is 12.5 Å². The first-order chi connectivity index (χ1) is 14.4. The number of fused-ring (bicyclic) bond motifs is 7. The summed E-state index contributed by atoms with van der Waals surface area (Å²) < 4.78 is 45.1. The summed E-state index contributed by atoms with van der Waals surface area (Å²) in [5, 5.41) is 0.554. The SMILES string of the molecule is Cc1oc(C)c2c1-c1cccc(c1C)CC([S+](C)C)c1cccc-2c1C.F[B-](F)(F)F. The first kappa shape index (κ1) is 23.5. The lowest BCUT2D eigenvalue weighted by atomic mass is 9.84. The highest BCUT2D eigenvalue weighted by atomic mass is 32.2. The summed E-state index contributed by atoms with van der Waals surface area (Å²) in [5.41, 5.74) is 11.0. The predicted octanol–water partition coefficient (Wildman–Crippen LogP) is 7.62. The van der Waals surface area contributed by atoms with E-state index >= 15 is 0 Å². The summed E-state index contributed by atoms with van der Waals surface area (Å²) >= 11 is 0. The number of benzene rings is 2. The van der Waals surface area contributed by atoms with Crippen LogP contribution in [0.5, 0.6) is 0 Å². The number of furan rings is 1. The van der Waals surface area contributed by atoms with E-state index in [2.05, 4.69) is 76.6 Å². The lowest BCUT2D eigenvalue weighted by Crippen LogP contribution is -2.16. The smallest absolute Gasteiger partial charge is 0.465 e. The van der Waals surface area contributed by atoms with Gasteiger partial charge in [-0.15, -0.1) is 0 Å². The quantitative estimate of drug-likeness (QED) is 0.211. The zero-order valence-electron chi connectivity index (χ0n) is 18.7. The van der Waals surface area contributed by atoms with Gasteiger partial charge in [0.15, 0.2) is 0 Å². The molecule has 1 unspecified atom stereocenters. The number of aryl methyl sites for hydroxylation is 2. The van der Waals surface area contributed by atoms with E-state index in [1.165, 1.54) is 44.5 Å². The molecule has 166 valence electrons. The number of hydrogen-bond acceptors (Lipinski definition) is 1. The number of hydrogen-bond donors (Lipinski definition) is 0. The van der Waals surface area contributed by atoms with E-state index < -0.39 is 7.25 Å². The maximum Gasteiger partial charge on any atom is 0.673 e. The third-order valence-electron chi connectivity index (χ3n) is 5.94. The molecule has 2 aromatic carbocycles. The highest BCUT2D eigenvalue weighted by Crippen LogP contribution is 2.45. The molecule has 1 atom stereocenters. The van der Waals surface area contributed by atoms with Crippen molar-refractivity contribution in [2.45, 2.75) is 39.4 Å². The van der Waals surface area contributed by atoms with Crippen molar-refractivity contribution in [1.82, 2.24) is 0 Å². The monoisotopic (exact) mass is 450 g/mol. The molecular formula is C24H27BF4OS. The number of rotatable bonds is 1. The van der Waals surface area contributed by atoms with Gasteiger partial charge < -0.3 is 21.7 Å². The lowest BCUT2D eigenvalue weighted by Gasteiger charge is -2.23. The minimum Gasteiger partial charge on any atom is -0.465 e. The molecule has 4 rings (SSSR count). The van der Waals surface area contributed by atoms with E-state index in [1.807, 2.05) is 0 Å². The van der Waals surface area contributed by atoms with Gasteiger partial charge in [-0.2, -0.15) is 0 Å². The van der Waals surface area contributed by atoms with Gasteiger partial charge in [-0.1, -0.05) is 36.4 Å². The fourth-order valence-corrected chi connectivity index (χ4v) is 5.79. The summed E-state index contributed by atoms with van der Waals surface area (Å²) in [6.07, 6.45) is 5.85. The van der Waals surface area contributed by atoms with Gasteiger partial charge in [0.2, 0.25) is 0 Å². The second-order valence-electron chi connectivity index (χ2n) is 8.14. The second-order valence-corrected chi connectivity index (χ2v) is 10.5. The molecule has 0 N–H and O–H groups in total. The van der Waals surface area contributed by atoms with E-state index in [0.29, 0.717) is 16.1 Å². The van der Waals surface area contributed by atoms with E-state index in [1.54, 1.807) is 0 Å². The average Bonchev–Trinajstić information content (AvgIpc) is 2.93. The third kappa shape index (κ3) is 4.87. The van der Waals surface area contributed by atoms with E-state index in [9.17, 15) is 17.3 Å². The standard InChI is InChI=1S/C24H27OS.BF4/c1-14-18-9-7-11-20(14)23-16(3)25-17(4)24(23)21-12-8-10-19(15(21)2)22(13-18)26(5)6;2-1(3,4)5/h7-12,22H,13H2,1-6H3;/q+1;-1. The molecule has 0 radical (unpaired) electrons. The molecule has 0 spiro atoms. The van der Waals surface area contributed by atoms with Gasteiger partial charge in [0.25, 0.3) is 0 Å². The first-order valence-electron chi connectivity index (χ1n) is 10.1. The fraction of sp³-hybridized carbons (Fsp3) is 0.333. The average molecular weight is 450 g/mol. The van der Waals surface area contributed by atoms with Gasteiger partial charge in [0, 0.05) is 23.1 Å². The Morgan fingerprint density at radius 1 is 0.806 bits per heavy atom. The van der Waals surface area contributed by atoms with Crippen LogP contribution in [0, 0.1) is 27.7 Å². The third-order valence-corrected chi connectivity index (χ3v) is 7.50. The van der Waals surface area contributed by atoms with Crippen LogP contribution in [0.4, 0.5) is 17.3 Å². The molecule has 31 heavy (non-hydrogen) atoms. The van der Waals surface area contributed by atoms with Crippen LogP contribution in [0.2, 0.25) is 0 Å². The van der Waals surface area contributed by atoms with Crippen LogP contribution in [-0.4, -0.2) is 19.8 Å². The fourth-order valence-electron chi connectivity index (χ4n) is 4.51. The van der Waals surface area contributed by atoms with E-state index in [4.69, 9.17) is 4.42 Å². The molecule has 0 saturated carbocycles. The Bertz CT molecular complexity index is 1100. The number of halogens is 4. The minimum atomic E-state index is -6.00. The zero-order valence-corrected chi connectivity index (χ0v) is 19.5. The lowest BCUT2D eigenvalue weighted by molar-refractivity contribution is 0.368. The minimum absolute atomic E-state index is 0.304. The van der Waals surface area contributed by atoms with Gasteiger partial charge in [0.05, 0.1) is 12.5 Å². The Balaban J connectivity index is 0.000000491. The molecule has 0 amide bonds. The first-order valence-corrected chi connectivity index (χ1v) is 12.2. The van der Waals surface area contributed by atoms with Crippen LogP contribution in [0.15, 0.2) is 40.8 Å². The van der Waals surface area contributed by atoms with Crippen LogP contribution in [-0.2, 0) is 17.3 Å². The molecular weight excluding hydrogens is 423 g/mol. The molecule has 1 heterocycles. The van der Waals surface area contributed by atoms with Crippen LogP contribution >= 0.6 is 0 Å². The molecule has 1 aromatic heterocycles. The maximum absolute atomic E-state index is 9.75. The Morgan fingerprint density at radius 2 is 1.29 bits per heavy atom. The highest BCUT2D eigenvalue weighted by Gasteiger charge is 2.31. The Morgan fingerprint density at radius 3 is 1.81 bits per heavy atom. The molecule has 4 bridgehead atoms. The summed E-state index contributed by atoms with van der Waals surface area (Å²) in [4.78, 5) is 0. The van der Waals surface area contributed by atoms with E-state index in [0.717, 1.165) is 17.9 Å². The summed E-state index contributed by atoms with van der Waals surface area (Å²) in [6, 6.07) is 13.6. The van der Waals surface area contributed by atoms with Crippen LogP contribution in [0.3, 0.4) is 0 Å². The molecule has 0 saturated heterocycles. The van der Waals surface area contributed by atoms with Gasteiger partial charge in [0.1, 0.15) is 16.8 Å². The second kappa shape index (κ2) is 8.77. The largest absolute Gasteiger partial charge is 0.673 e. The van der Waals surface area contributed by atoms with Crippen molar-refractivity contribution in [3.05, 3.63) is 70.2 Å². The molecule has 0 fully saturated rings. The van der Waals surface area contributed by atoms with Crippen molar-refractivity contribution in [2.24, 2.45) is 0 Å². The molecule has 1 aliphatic rings. The van der Waals surface area contributed by atoms with Crippen molar-refractivity contribution < 1.29 is 21.7 Å². The van der Waals surface area contributed by atoms with Crippen molar-refractivity contribution >= 4 is 18.1 Å². The van der Waals surface area contributed by atoms with Gasteiger partial charge in [-0.05, 0) is 66.4 Å². The molecule has 1 nitrogen and oxygen atoms in total. The van der Waals surface area contributed by atoms with Crippen LogP contribution in [0.1, 0.15) is 39.0 Å². The maximum atomic E-state index is 9.75.